The summed E-state index contributed by atoms with van der Waals surface area (Å²) in [5, 5.41) is 5.86. The van der Waals surface area contributed by atoms with Gasteiger partial charge in [0.2, 0.25) is 9.84 Å². The van der Waals surface area contributed by atoms with Crippen LogP contribution in [0.3, 0.4) is 0 Å². The topological polar surface area (TPSA) is 126 Å². The molecular formula is C45H36Cl2N2O6S2. The molecule has 0 fully saturated rings. The van der Waals surface area contributed by atoms with Crippen LogP contribution in [-0.2, 0) is 22.7 Å². The van der Waals surface area contributed by atoms with Crippen LogP contribution >= 0.6 is 35.0 Å². The fourth-order valence-corrected chi connectivity index (χ4v) is 9.14. The molecule has 2 N–H and O–H groups in total. The molecule has 0 atom stereocenters. The molecule has 0 saturated carbocycles. The van der Waals surface area contributed by atoms with E-state index in [-0.39, 0.29) is 44.9 Å². The number of hydrogen-bond donors (Lipinski definition) is 2. The number of alkyl halides is 2. The van der Waals surface area contributed by atoms with Gasteiger partial charge in [0.25, 0.3) is 11.8 Å². The molecule has 2 amide bonds. The summed E-state index contributed by atoms with van der Waals surface area (Å²) >= 11 is 11.2. The Kier molecular flexibility index (Phi) is 13.8. The number of nitrogens with one attached hydrogen (secondary N) is 2. The van der Waals surface area contributed by atoms with Gasteiger partial charge < -0.3 is 10.6 Å². The van der Waals surface area contributed by atoms with Crippen molar-refractivity contribution in [1.29, 1.82) is 0 Å². The van der Waals surface area contributed by atoms with E-state index in [1.54, 1.807) is 72.4 Å². The lowest BCUT2D eigenvalue weighted by Crippen LogP contribution is -2.15. The van der Waals surface area contributed by atoms with Gasteiger partial charge in [-0.2, -0.15) is 0 Å². The molecule has 0 heterocycles. The van der Waals surface area contributed by atoms with Crippen molar-refractivity contribution in [2.24, 2.45) is 0 Å². The van der Waals surface area contributed by atoms with Gasteiger partial charge >= 0.3 is 0 Å². The second-order valence-electron chi connectivity index (χ2n) is 12.7. The first-order valence-corrected chi connectivity index (χ1v) is 21.2. The number of carbonyl (C=O) groups is 4. The lowest BCUT2D eigenvalue weighted by atomic mass is 10.1. The maximum atomic E-state index is 13.1. The molecule has 0 aromatic heterocycles. The average molecular weight is 836 g/mol. The SMILES string of the molecule is ClCCl.O=C(Nc1ccc(S(=O)(=O)c2ccccc2)c2c1C(=O)CC2)c1ccccc1.O=C(Nc1ccc(Sc2ccccc2)c2c1C(=O)CC2)c1ccccc1. The van der Waals surface area contributed by atoms with Crippen molar-refractivity contribution in [3.05, 3.63) is 179 Å². The largest absolute Gasteiger partial charge is 0.321 e. The molecule has 57 heavy (non-hydrogen) atoms. The quantitative estimate of drug-likeness (QED) is 0.146. The number of benzene rings is 6. The predicted molar refractivity (Wildman–Crippen MR) is 226 cm³/mol. The summed E-state index contributed by atoms with van der Waals surface area (Å²) in [4.78, 5) is 52.4. The van der Waals surface area contributed by atoms with Crippen molar-refractivity contribution in [3.63, 3.8) is 0 Å². The number of anilines is 2. The highest BCUT2D eigenvalue weighted by Gasteiger charge is 2.32. The molecule has 0 saturated heterocycles. The molecule has 288 valence electrons. The predicted octanol–water partition coefficient (Wildman–Crippen LogP) is 10.5. The Bertz CT molecular complexity index is 2520. The Labute approximate surface area is 345 Å². The Morgan fingerprint density at radius 2 is 0.965 bits per heavy atom. The molecule has 0 radical (unpaired) electrons. The summed E-state index contributed by atoms with van der Waals surface area (Å²) in [5.74, 6) is -0.612. The third kappa shape index (κ3) is 9.72. The van der Waals surface area contributed by atoms with E-state index in [0.29, 0.717) is 52.0 Å². The Morgan fingerprint density at radius 1 is 0.544 bits per heavy atom. The summed E-state index contributed by atoms with van der Waals surface area (Å²) in [6, 6.07) is 42.7. The molecule has 12 heteroatoms. The van der Waals surface area contributed by atoms with Crippen LogP contribution in [-0.4, -0.2) is 37.1 Å². The smallest absolute Gasteiger partial charge is 0.255 e. The van der Waals surface area contributed by atoms with E-state index in [4.69, 9.17) is 23.2 Å². The molecule has 2 aliphatic rings. The third-order valence-electron chi connectivity index (χ3n) is 9.18. The molecule has 0 spiro atoms. The van der Waals surface area contributed by atoms with Crippen molar-refractivity contribution in [2.45, 2.75) is 45.3 Å². The van der Waals surface area contributed by atoms with Crippen LogP contribution in [0, 0.1) is 0 Å². The number of carbonyl (C=O) groups excluding carboxylic acids is 4. The number of hydrogen-bond acceptors (Lipinski definition) is 7. The molecule has 8 nitrogen and oxygen atoms in total. The zero-order valence-electron chi connectivity index (χ0n) is 30.4. The number of fused-ring (bicyclic) bond motifs is 2. The normalized spacial score (nSPS) is 12.6. The summed E-state index contributed by atoms with van der Waals surface area (Å²) < 4.78 is 26.1. The lowest BCUT2D eigenvalue weighted by molar-refractivity contribution is 0.0985. The standard InChI is InChI=1S/C22H17NO4S.C22H17NO2S.CH2Cl2/c24-19-13-11-17-20(28(26,27)16-9-5-2-6-10-16)14-12-18(21(17)19)23-22(25)15-7-3-1-4-8-15;24-19-13-11-17-20(26-16-9-5-2-6-10-16)14-12-18(21(17)19)23-22(25)15-7-3-1-4-8-15;2-1-3/h1-10,12,14H,11,13H2,(H,23,25);1-10,12,14H,11,13H2,(H,23,25);1H2. The Hall–Kier alpha value is -5.52. The minimum atomic E-state index is -3.75. The fourth-order valence-electron chi connectivity index (χ4n) is 6.58. The summed E-state index contributed by atoms with van der Waals surface area (Å²) in [6.07, 6.45) is 1.78. The monoisotopic (exact) mass is 834 g/mol. The first-order chi connectivity index (χ1) is 27.6. The van der Waals surface area contributed by atoms with Gasteiger partial charge in [0.05, 0.1) is 26.5 Å². The van der Waals surface area contributed by atoms with Crippen molar-refractivity contribution in [3.8, 4) is 0 Å². The van der Waals surface area contributed by atoms with Gasteiger partial charge in [0.15, 0.2) is 11.6 Å². The van der Waals surface area contributed by atoms with E-state index in [2.05, 4.69) is 22.8 Å². The summed E-state index contributed by atoms with van der Waals surface area (Å²) in [7, 11) is -3.75. The Morgan fingerprint density at radius 3 is 1.47 bits per heavy atom. The summed E-state index contributed by atoms with van der Waals surface area (Å²) in [6.45, 7) is 0. The number of sulfone groups is 1. The van der Waals surface area contributed by atoms with E-state index in [1.807, 2.05) is 48.5 Å². The maximum absolute atomic E-state index is 13.1. The van der Waals surface area contributed by atoms with Gasteiger partial charge in [-0.1, -0.05) is 84.6 Å². The molecule has 8 rings (SSSR count). The van der Waals surface area contributed by atoms with Crippen LogP contribution in [0.5, 0.6) is 0 Å². The molecule has 2 aliphatic carbocycles. The van der Waals surface area contributed by atoms with Crippen molar-refractivity contribution < 1.29 is 27.6 Å². The maximum Gasteiger partial charge on any atom is 0.255 e. The van der Waals surface area contributed by atoms with Gasteiger partial charge in [-0.3, -0.25) is 19.2 Å². The minimum absolute atomic E-state index is 0.0962. The highest BCUT2D eigenvalue weighted by atomic mass is 35.5. The molecule has 6 aromatic rings. The molecule has 0 bridgehead atoms. The van der Waals surface area contributed by atoms with Crippen LogP contribution in [0.2, 0.25) is 0 Å². The van der Waals surface area contributed by atoms with Gasteiger partial charge in [0.1, 0.15) is 0 Å². The van der Waals surface area contributed by atoms with E-state index < -0.39 is 9.84 Å². The summed E-state index contributed by atoms with van der Waals surface area (Å²) in [5.41, 5.74) is 4.45. The van der Waals surface area contributed by atoms with Crippen molar-refractivity contribution >= 4 is 79.6 Å². The minimum Gasteiger partial charge on any atom is -0.321 e. The lowest BCUT2D eigenvalue weighted by Gasteiger charge is -2.14. The van der Waals surface area contributed by atoms with Crippen LogP contribution < -0.4 is 10.6 Å². The second kappa shape index (κ2) is 19.1. The highest BCUT2D eigenvalue weighted by Crippen LogP contribution is 2.40. The van der Waals surface area contributed by atoms with Gasteiger partial charge in [-0.25, -0.2) is 8.42 Å². The Balaban J connectivity index is 0.000000181. The van der Waals surface area contributed by atoms with Crippen LogP contribution in [0.1, 0.15) is 65.4 Å². The molecule has 0 aliphatic heterocycles. The van der Waals surface area contributed by atoms with Gasteiger partial charge in [0, 0.05) is 44.9 Å². The van der Waals surface area contributed by atoms with E-state index in [0.717, 1.165) is 21.8 Å². The van der Waals surface area contributed by atoms with Gasteiger partial charge in [-0.15, -0.1) is 23.2 Å². The van der Waals surface area contributed by atoms with Crippen LogP contribution in [0.25, 0.3) is 0 Å². The van der Waals surface area contributed by atoms with E-state index in [9.17, 15) is 27.6 Å². The van der Waals surface area contributed by atoms with Crippen molar-refractivity contribution in [2.75, 3.05) is 16.0 Å². The third-order valence-corrected chi connectivity index (χ3v) is 12.1. The zero-order valence-corrected chi connectivity index (χ0v) is 33.6. The van der Waals surface area contributed by atoms with E-state index >= 15 is 0 Å². The number of amides is 2. The molecule has 6 aromatic carbocycles. The second-order valence-corrected chi connectivity index (χ2v) is 16.6. The molecular weight excluding hydrogens is 800 g/mol. The van der Waals surface area contributed by atoms with Gasteiger partial charge in [-0.05, 0) is 96.8 Å². The first kappa shape index (κ1) is 41.1. The number of halogens is 2. The number of ketones is 2. The zero-order chi connectivity index (χ0) is 40.4. The first-order valence-electron chi connectivity index (χ1n) is 17.9. The fraction of sp³-hybridized carbons (Fsp3) is 0.111. The highest BCUT2D eigenvalue weighted by molar-refractivity contribution is 7.99. The van der Waals surface area contributed by atoms with Crippen molar-refractivity contribution in [1.82, 2.24) is 0 Å². The number of rotatable bonds is 8. The molecule has 0 unspecified atom stereocenters. The average Bonchev–Trinajstić information content (AvgIpc) is 3.83. The van der Waals surface area contributed by atoms with Crippen LogP contribution in [0.15, 0.2) is 165 Å². The number of Topliss-reactive ketones (excluding diaryl/α,β-unsaturated/α-hetero) is 2. The van der Waals surface area contributed by atoms with Crippen LogP contribution in [0.4, 0.5) is 11.4 Å². The van der Waals surface area contributed by atoms with E-state index in [1.165, 1.54) is 24.3 Å².